The number of halogens is 2. The van der Waals surface area contributed by atoms with Gasteiger partial charge in [0.15, 0.2) is 0 Å². The monoisotopic (exact) mass is 269 g/mol. The highest BCUT2D eigenvalue weighted by Gasteiger charge is 2.24. The van der Waals surface area contributed by atoms with Crippen LogP contribution in [-0.2, 0) is 0 Å². The number of hydrogen-bond acceptors (Lipinski definition) is 1. The van der Waals surface area contributed by atoms with Crippen molar-refractivity contribution in [2.45, 2.75) is 52.0 Å². The van der Waals surface area contributed by atoms with Gasteiger partial charge in [0.05, 0.1) is 5.69 Å². The third-order valence-corrected chi connectivity index (χ3v) is 4.10. The number of anilines is 1. The van der Waals surface area contributed by atoms with Gasteiger partial charge in [-0.15, -0.1) is 0 Å². The van der Waals surface area contributed by atoms with Gasteiger partial charge in [0.25, 0.3) is 0 Å². The van der Waals surface area contributed by atoms with E-state index in [1.165, 1.54) is 25.3 Å². The van der Waals surface area contributed by atoms with E-state index in [2.05, 4.69) is 19.2 Å². The van der Waals surface area contributed by atoms with Crippen molar-refractivity contribution >= 4 is 17.3 Å². The molecule has 0 aliphatic heterocycles. The van der Waals surface area contributed by atoms with E-state index >= 15 is 0 Å². The van der Waals surface area contributed by atoms with Crippen LogP contribution in [0.5, 0.6) is 0 Å². The number of hydrogen-bond donors (Lipinski definition) is 1. The molecule has 1 nitrogen and oxygen atoms in total. The second-order valence-electron chi connectivity index (χ2n) is 6.06. The minimum atomic E-state index is -0.258. The van der Waals surface area contributed by atoms with Crippen molar-refractivity contribution in [3.05, 3.63) is 29.0 Å². The molecule has 1 aromatic rings. The third-order valence-electron chi connectivity index (χ3n) is 3.87. The summed E-state index contributed by atoms with van der Waals surface area (Å²) in [6, 6.07) is 5.20. The second kappa shape index (κ2) is 5.48. The van der Waals surface area contributed by atoms with Crippen LogP contribution in [0.25, 0.3) is 0 Å². The first-order chi connectivity index (χ1) is 8.46. The molecule has 2 rings (SSSR count). The second-order valence-corrected chi connectivity index (χ2v) is 6.50. The molecule has 1 unspecified atom stereocenters. The van der Waals surface area contributed by atoms with Crippen molar-refractivity contribution in [1.29, 1.82) is 0 Å². The Hall–Kier alpha value is -0.760. The summed E-state index contributed by atoms with van der Waals surface area (Å²) in [6.45, 7) is 4.64. The van der Waals surface area contributed by atoms with Crippen LogP contribution in [0.15, 0.2) is 18.2 Å². The van der Waals surface area contributed by atoms with Gasteiger partial charge >= 0.3 is 0 Å². The maximum absolute atomic E-state index is 13.7. The quantitative estimate of drug-likeness (QED) is 0.723. The van der Waals surface area contributed by atoms with Gasteiger partial charge in [-0.1, -0.05) is 31.9 Å². The van der Waals surface area contributed by atoms with Crippen LogP contribution >= 0.6 is 11.6 Å². The molecule has 0 aromatic heterocycles. The predicted molar refractivity (Wildman–Crippen MR) is 75.7 cm³/mol. The van der Waals surface area contributed by atoms with Crippen LogP contribution in [0.1, 0.15) is 46.0 Å². The molecule has 100 valence electrons. The van der Waals surface area contributed by atoms with Crippen molar-refractivity contribution in [1.82, 2.24) is 0 Å². The minimum Gasteiger partial charge on any atom is -0.380 e. The topological polar surface area (TPSA) is 12.0 Å². The molecule has 1 aromatic carbocycles. The molecule has 1 N–H and O–H groups in total. The van der Waals surface area contributed by atoms with Gasteiger partial charge in [-0.2, -0.15) is 0 Å². The normalized spacial score (nSPS) is 23.4. The summed E-state index contributed by atoms with van der Waals surface area (Å²) in [5.41, 5.74) is 0.999. The fourth-order valence-electron chi connectivity index (χ4n) is 2.63. The molecule has 1 saturated carbocycles. The highest BCUT2D eigenvalue weighted by molar-refractivity contribution is 6.30. The van der Waals surface area contributed by atoms with Crippen molar-refractivity contribution in [3.63, 3.8) is 0 Å². The van der Waals surface area contributed by atoms with Crippen LogP contribution in [-0.4, -0.2) is 6.04 Å². The first-order valence-electron chi connectivity index (χ1n) is 6.68. The Labute approximate surface area is 114 Å². The van der Waals surface area contributed by atoms with E-state index in [1.54, 1.807) is 12.1 Å². The Bertz CT molecular complexity index is 417. The Morgan fingerprint density at radius 3 is 2.78 bits per heavy atom. The van der Waals surface area contributed by atoms with Gasteiger partial charge in [0.2, 0.25) is 0 Å². The molecular weight excluding hydrogens is 249 g/mol. The molecule has 1 atom stereocenters. The summed E-state index contributed by atoms with van der Waals surface area (Å²) in [7, 11) is 0. The average Bonchev–Trinajstić information content (AvgIpc) is 2.44. The molecule has 0 saturated heterocycles. The molecule has 3 heteroatoms. The smallest absolute Gasteiger partial charge is 0.147 e. The van der Waals surface area contributed by atoms with Gasteiger partial charge in [-0.05, 0) is 49.3 Å². The number of rotatable bonds is 2. The summed E-state index contributed by atoms with van der Waals surface area (Å²) < 4.78 is 13.7. The number of benzene rings is 1. The standard InChI is InChI=1S/C15H21ClFN/c1-15(2)8-3-4-12(7-9-15)18-14-6-5-11(16)10-13(14)17/h5-6,10,12,18H,3-4,7-9H2,1-2H3. The molecule has 0 bridgehead atoms. The first kappa shape index (κ1) is 13.7. The molecule has 0 spiro atoms. The van der Waals surface area contributed by atoms with Crippen molar-refractivity contribution in [2.24, 2.45) is 5.41 Å². The fraction of sp³-hybridized carbons (Fsp3) is 0.600. The fourth-order valence-corrected chi connectivity index (χ4v) is 2.79. The summed E-state index contributed by atoms with van der Waals surface area (Å²) in [6.07, 6.45) is 5.88. The van der Waals surface area contributed by atoms with Crippen LogP contribution < -0.4 is 5.32 Å². The van der Waals surface area contributed by atoms with Gasteiger partial charge in [-0.3, -0.25) is 0 Å². The molecular formula is C15H21ClFN. The zero-order chi connectivity index (χ0) is 13.2. The van der Waals surface area contributed by atoms with Crippen LogP contribution in [0, 0.1) is 11.2 Å². The van der Waals surface area contributed by atoms with E-state index in [0.29, 0.717) is 22.2 Å². The maximum Gasteiger partial charge on any atom is 0.147 e. The summed E-state index contributed by atoms with van der Waals surface area (Å²) in [5, 5.41) is 3.76. The van der Waals surface area contributed by atoms with Crippen molar-refractivity contribution < 1.29 is 4.39 Å². The zero-order valence-electron chi connectivity index (χ0n) is 11.1. The lowest BCUT2D eigenvalue weighted by atomic mass is 9.85. The van der Waals surface area contributed by atoms with E-state index < -0.39 is 0 Å². The SMILES string of the molecule is CC1(C)CCCC(Nc2ccc(Cl)cc2F)CC1. The summed E-state index contributed by atoms with van der Waals surface area (Å²) in [4.78, 5) is 0. The van der Waals surface area contributed by atoms with Gasteiger partial charge in [0, 0.05) is 11.1 Å². The molecule has 0 heterocycles. The van der Waals surface area contributed by atoms with E-state index in [1.807, 2.05) is 0 Å². The largest absolute Gasteiger partial charge is 0.380 e. The maximum atomic E-state index is 13.7. The van der Waals surface area contributed by atoms with Crippen LogP contribution in [0.4, 0.5) is 10.1 Å². The van der Waals surface area contributed by atoms with E-state index in [9.17, 15) is 4.39 Å². The van der Waals surface area contributed by atoms with Crippen LogP contribution in [0.2, 0.25) is 5.02 Å². The average molecular weight is 270 g/mol. The van der Waals surface area contributed by atoms with Gasteiger partial charge < -0.3 is 5.32 Å². The molecule has 1 aliphatic rings. The van der Waals surface area contributed by atoms with Gasteiger partial charge in [-0.25, -0.2) is 4.39 Å². The molecule has 0 amide bonds. The Kier molecular flexibility index (Phi) is 4.16. The minimum absolute atomic E-state index is 0.258. The first-order valence-corrected chi connectivity index (χ1v) is 7.06. The van der Waals surface area contributed by atoms with E-state index in [0.717, 1.165) is 12.8 Å². The Morgan fingerprint density at radius 1 is 1.28 bits per heavy atom. The molecule has 1 aliphatic carbocycles. The van der Waals surface area contributed by atoms with Crippen molar-refractivity contribution in [2.75, 3.05) is 5.32 Å². The van der Waals surface area contributed by atoms with Crippen LogP contribution in [0.3, 0.4) is 0 Å². The highest BCUT2D eigenvalue weighted by Crippen LogP contribution is 2.35. The number of nitrogens with one attached hydrogen (secondary N) is 1. The lowest BCUT2D eigenvalue weighted by molar-refractivity contribution is 0.313. The zero-order valence-corrected chi connectivity index (χ0v) is 11.9. The van der Waals surface area contributed by atoms with Gasteiger partial charge in [0.1, 0.15) is 5.82 Å². The summed E-state index contributed by atoms with van der Waals surface area (Å²) >= 11 is 5.76. The highest BCUT2D eigenvalue weighted by atomic mass is 35.5. The molecule has 0 radical (unpaired) electrons. The molecule has 18 heavy (non-hydrogen) atoms. The lowest BCUT2D eigenvalue weighted by Gasteiger charge is -2.22. The lowest BCUT2D eigenvalue weighted by Crippen LogP contribution is -2.19. The van der Waals surface area contributed by atoms with E-state index in [-0.39, 0.29) is 5.82 Å². The predicted octanol–water partition coefficient (Wildman–Crippen LogP) is 5.25. The summed E-state index contributed by atoms with van der Waals surface area (Å²) in [5.74, 6) is -0.258. The van der Waals surface area contributed by atoms with Crippen molar-refractivity contribution in [3.8, 4) is 0 Å². The Morgan fingerprint density at radius 2 is 2.06 bits per heavy atom. The third kappa shape index (κ3) is 3.61. The van der Waals surface area contributed by atoms with E-state index in [4.69, 9.17) is 11.6 Å². The molecule has 1 fully saturated rings. The Balaban J connectivity index is 2.01.